The Labute approximate surface area is 119 Å². The summed E-state index contributed by atoms with van der Waals surface area (Å²) in [7, 11) is -0.0308. The Balaban J connectivity index is 2.77. The fraction of sp³-hybridized carbons (Fsp3) is 0.667. The van der Waals surface area contributed by atoms with Crippen molar-refractivity contribution in [2.45, 2.75) is 36.6 Å². The van der Waals surface area contributed by atoms with Crippen molar-refractivity contribution in [2.75, 3.05) is 20.8 Å². The van der Waals surface area contributed by atoms with Crippen molar-refractivity contribution in [1.82, 2.24) is 10.0 Å². The molecule has 19 heavy (non-hydrogen) atoms. The Morgan fingerprint density at radius 3 is 2.79 bits per heavy atom. The lowest BCUT2D eigenvalue weighted by atomic mass is 10.2. The fourth-order valence-corrected chi connectivity index (χ4v) is 4.28. The first-order valence-electron chi connectivity index (χ1n) is 6.26. The van der Waals surface area contributed by atoms with Crippen molar-refractivity contribution >= 4 is 21.4 Å². The van der Waals surface area contributed by atoms with Gasteiger partial charge in [0, 0.05) is 19.7 Å². The Morgan fingerprint density at radius 2 is 2.21 bits per heavy atom. The smallest absolute Gasteiger partial charge is 0.250 e. The molecule has 2 N–H and O–H groups in total. The molecule has 1 atom stereocenters. The van der Waals surface area contributed by atoms with Crippen molar-refractivity contribution in [2.24, 2.45) is 0 Å². The number of thiophene rings is 1. The van der Waals surface area contributed by atoms with E-state index in [0.29, 0.717) is 17.4 Å². The summed E-state index contributed by atoms with van der Waals surface area (Å²) in [4.78, 5) is 0. The van der Waals surface area contributed by atoms with Crippen molar-refractivity contribution in [1.29, 1.82) is 0 Å². The molecule has 0 radical (unpaired) electrons. The molecule has 0 saturated carbocycles. The second-order valence-electron chi connectivity index (χ2n) is 4.37. The summed E-state index contributed by atoms with van der Waals surface area (Å²) in [5.74, 6) is 0. The number of rotatable bonds is 9. The van der Waals surface area contributed by atoms with E-state index in [9.17, 15) is 8.42 Å². The second-order valence-corrected chi connectivity index (χ2v) is 7.22. The number of nitrogens with one attached hydrogen (secondary N) is 2. The predicted octanol–water partition coefficient (Wildman–Crippen LogP) is 1.56. The molecule has 0 aliphatic carbocycles. The monoisotopic (exact) mass is 306 g/mol. The van der Waals surface area contributed by atoms with Crippen molar-refractivity contribution in [3.63, 3.8) is 0 Å². The van der Waals surface area contributed by atoms with Crippen LogP contribution < -0.4 is 10.0 Å². The van der Waals surface area contributed by atoms with Crippen LogP contribution in [0.2, 0.25) is 0 Å². The molecular formula is C12H22N2O3S2. The third-order valence-corrected chi connectivity index (χ3v) is 5.61. The van der Waals surface area contributed by atoms with Crippen LogP contribution in [-0.4, -0.2) is 35.2 Å². The molecule has 0 amide bonds. The van der Waals surface area contributed by atoms with Gasteiger partial charge in [0.15, 0.2) is 0 Å². The third kappa shape index (κ3) is 5.19. The molecule has 0 aromatic carbocycles. The molecule has 110 valence electrons. The van der Waals surface area contributed by atoms with Crippen molar-refractivity contribution in [3.8, 4) is 0 Å². The van der Waals surface area contributed by atoms with Gasteiger partial charge in [0.25, 0.3) is 0 Å². The maximum atomic E-state index is 12.2. The van der Waals surface area contributed by atoms with E-state index in [1.165, 1.54) is 11.3 Å². The van der Waals surface area contributed by atoms with Gasteiger partial charge in [0.1, 0.15) is 4.21 Å². The van der Waals surface area contributed by atoms with E-state index in [-0.39, 0.29) is 6.04 Å². The molecule has 0 aliphatic heterocycles. The molecule has 1 heterocycles. The average molecular weight is 306 g/mol. The average Bonchev–Trinajstić information content (AvgIpc) is 2.79. The van der Waals surface area contributed by atoms with Gasteiger partial charge in [-0.25, -0.2) is 13.1 Å². The number of hydrogen-bond donors (Lipinski definition) is 2. The molecule has 1 aromatic rings. The molecule has 0 bridgehead atoms. The van der Waals surface area contributed by atoms with Crippen LogP contribution in [0, 0.1) is 0 Å². The summed E-state index contributed by atoms with van der Waals surface area (Å²) in [5.41, 5.74) is 0.978. The first kappa shape index (κ1) is 16.6. The first-order valence-corrected chi connectivity index (χ1v) is 8.63. The molecule has 0 saturated heterocycles. The van der Waals surface area contributed by atoms with Gasteiger partial charge >= 0.3 is 0 Å². The molecular weight excluding hydrogens is 284 g/mol. The van der Waals surface area contributed by atoms with Crippen molar-refractivity contribution in [3.05, 3.63) is 17.0 Å². The van der Waals surface area contributed by atoms with Crippen LogP contribution in [0.1, 0.15) is 25.3 Å². The fourth-order valence-electron chi connectivity index (χ4n) is 1.79. The zero-order valence-electron chi connectivity index (χ0n) is 11.6. The summed E-state index contributed by atoms with van der Waals surface area (Å²) < 4.78 is 32.6. The molecule has 0 spiro atoms. The minimum absolute atomic E-state index is 0.171. The maximum absolute atomic E-state index is 12.2. The van der Waals surface area contributed by atoms with Crippen LogP contribution in [0.5, 0.6) is 0 Å². The minimum Gasteiger partial charge on any atom is -0.383 e. The minimum atomic E-state index is -3.44. The molecule has 1 unspecified atom stereocenters. The Hall–Kier alpha value is -0.470. The van der Waals surface area contributed by atoms with E-state index in [1.807, 2.05) is 19.4 Å². The van der Waals surface area contributed by atoms with Crippen LogP contribution >= 0.6 is 11.3 Å². The maximum Gasteiger partial charge on any atom is 0.250 e. The van der Waals surface area contributed by atoms with Crippen LogP contribution in [0.15, 0.2) is 15.7 Å². The molecule has 0 fully saturated rings. The van der Waals surface area contributed by atoms with E-state index in [2.05, 4.69) is 10.0 Å². The molecule has 5 nitrogen and oxygen atoms in total. The van der Waals surface area contributed by atoms with E-state index >= 15 is 0 Å². The largest absolute Gasteiger partial charge is 0.383 e. The highest BCUT2D eigenvalue weighted by Gasteiger charge is 2.21. The summed E-state index contributed by atoms with van der Waals surface area (Å²) >= 11 is 1.24. The Kier molecular flexibility index (Phi) is 6.95. The second kappa shape index (κ2) is 7.96. The molecule has 0 aliphatic rings. The summed E-state index contributed by atoms with van der Waals surface area (Å²) in [6.07, 6.45) is 1.67. The summed E-state index contributed by atoms with van der Waals surface area (Å²) in [5, 5.41) is 4.86. The normalized spacial score (nSPS) is 13.6. The number of hydrogen-bond acceptors (Lipinski definition) is 5. The van der Waals surface area contributed by atoms with Gasteiger partial charge in [-0.15, -0.1) is 11.3 Å². The van der Waals surface area contributed by atoms with E-state index in [0.717, 1.165) is 18.4 Å². The lowest BCUT2D eigenvalue weighted by Gasteiger charge is -2.16. The molecule has 7 heteroatoms. The SMILES string of the molecule is CCCC(COC)NS(=O)(=O)c1cc(CNC)cs1. The Morgan fingerprint density at radius 1 is 1.47 bits per heavy atom. The third-order valence-electron chi connectivity index (χ3n) is 2.60. The standard InChI is InChI=1S/C12H22N2O3S2/c1-4-5-11(8-17-3)14-19(15,16)12-6-10(7-13-2)9-18-12/h6,9,11,13-14H,4-5,7-8H2,1-3H3. The molecule has 1 aromatic heterocycles. The van der Waals surface area contributed by atoms with Crippen LogP contribution in [-0.2, 0) is 21.3 Å². The number of sulfonamides is 1. The van der Waals surface area contributed by atoms with Gasteiger partial charge < -0.3 is 10.1 Å². The molecule has 1 rings (SSSR count). The van der Waals surface area contributed by atoms with Crippen LogP contribution in [0.4, 0.5) is 0 Å². The predicted molar refractivity (Wildman–Crippen MR) is 78.0 cm³/mol. The highest BCUT2D eigenvalue weighted by Crippen LogP contribution is 2.20. The first-order chi connectivity index (χ1) is 9.03. The lowest BCUT2D eigenvalue weighted by molar-refractivity contribution is 0.171. The van der Waals surface area contributed by atoms with E-state index in [4.69, 9.17) is 4.74 Å². The quantitative estimate of drug-likeness (QED) is 0.726. The van der Waals surface area contributed by atoms with Crippen molar-refractivity contribution < 1.29 is 13.2 Å². The van der Waals surface area contributed by atoms with Gasteiger partial charge in [-0.2, -0.15) is 0 Å². The number of methoxy groups -OCH3 is 1. The van der Waals surface area contributed by atoms with Crippen LogP contribution in [0.3, 0.4) is 0 Å². The van der Waals surface area contributed by atoms with Crippen LogP contribution in [0.25, 0.3) is 0 Å². The van der Waals surface area contributed by atoms with Gasteiger partial charge in [0.05, 0.1) is 6.61 Å². The number of ether oxygens (including phenoxy) is 1. The van der Waals surface area contributed by atoms with E-state index in [1.54, 1.807) is 13.2 Å². The summed E-state index contributed by atoms with van der Waals surface area (Å²) in [6.45, 7) is 3.08. The van der Waals surface area contributed by atoms with E-state index < -0.39 is 10.0 Å². The highest BCUT2D eigenvalue weighted by molar-refractivity contribution is 7.91. The van der Waals surface area contributed by atoms with Gasteiger partial charge in [-0.05, 0) is 30.5 Å². The Bertz CT molecular complexity index is 465. The summed E-state index contributed by atoms with van der Waals surface area (Å²) in [6, 6.07) is 1.54. The van der Waals surface area contributed by atoms with Gasteiger partial charge in [-0.1, -0.05) is 13.3 Å². The van der Waals surface area contributed by atoms with Gasteiger partial charge in [-0.3, -0.25) is 0 Å². The zero-order valence-corrected chi connectivity index (χ0v) is 13.2. The topological polar surface area (TPSA) is 67.4 Å². The lowest BCUT2D eigenvalue weighted by Crippen LogP contribution is -2.37. The highest BCUT2D eigenvalue weighted by atomic mass is 32.2. The van der Waals surface area contributed by atoms with Gasteiger partial charge in [0.2, 0.25) is 10.0 Å². The zero-order chi connectivity index (χ0) is 14.3.